The number of carbonyl (C=O) groups excluding carboxylic acids is 2. The van der Waals surface area contributed by atoms with Gasteiger partial charge >= 0.3 is 0 Å². The normalized spacial score (nSPS) is 15.6. The molecular formula is C23H19ClN6O3S. The molecule has 1 fully saturated rings. The first-order chi connectivity index (χ1) is 16.4. The zero-order chi connectivity index (χ0) is 23.8. The predicted molar refractivity (Wildman–Crippen MR) is 131 cm³/mol. The lowest BCUT2D eigenvalue weighted by Gasteiger charge is -2.17. The minimum absolute atomic E-state index is 0.0832. The number of thiophene rings is 1. The molecule has 3 aromatic heterocycles. The lowest BCUT2D eigenvalue weighted by molar-refractivity contribution is -0.122. The second-order valence-electron chi connectivity index (χ2n) is 7.89. The number of H-pyrrole nitrogens is 1. The van der Waals surface area contributed by atoms with Crippen LogP contribution in [0.2, 0.25) is 5.02 Å². The number of nitrogens with zero attached hydrogens (tertiary/aromatic N) is 4. The average molecular weight is 495 g/mol. The Morgan fingerprint density at radius 2 is 2.00 bits per heavy atom. The molecule has 2 N–H and O–H groups in total. The first kappa shape index (κ1) is 22.1. The van der Waals surface area contributed by atoms with Crippen molar-refractivity contribution in [3.05, 3.63) is 75.0 Å². The number of amides is 2. The Bertz CT molecular complexity index is 1430. The molecule has 0 aliphatic carbocycles. The Balaban J connectivity index is 1.43. The van der Waals surface area contributed by atoms with Gasteiger partial charge in [-0.15, -0.1) is 11.3 Å². The fourth-order valence-electron chi connectivity index (χ4n) is 3.82. The Morgan fingerprint density at radius 3 is 2.71 bits per heavy atom. The molecule has 1 unspecified atom stereocenters. The molecule has 1 aromatic carbocycles. The van der Waals surface area contributed by atoms with E-state index in [2.05, 4.69) is 20.4 Å². The SMILES string of the molecule is Cc1cc(=O)[nH]c(-n2nc(-c3cccs3)cc2NC(=O)C2CC(=O)N(c3ccc(Cl)cc3)C2)n1. The molecule has 0 radical (unpaired) electrons. The molecule has 9 nitrogen and oxygen atoms in total. The summed E-state index contributed by atoms with van der Waals surface area (Å²) < 4.78 is 1.40. The molecule has 4 aromatic rings. The number of benzene rings is 1. The van der Waals surface area contributed by atoms with Crippen molar-refractivity contribution in [2.45, 2.75) is 13.3 Å². The number of carbonyl (C=O) groups is 2. The van der Waals surface area contributed by atoms with Gasteiger partial charge in [0.25, 0.3) is 5.56 Å². The van der Waals surface area contributed by atoms with Gasteiger partial charge in [0.05, 0.1) is 10.8 Å². The van der Waals surface area contributed by atoms with Crippen molar-refractivity contribution in [1.82, 2.24) is 19.7 Å². The molecule has 0 bridgehead atoms. The summed E-state index contributed by atoms with van der Waals surface area (Å²) in [6.07, 6.45) is 0.0832. The average Bonchev–Trinajstić information content (AvgIpc) is 3.53. The van der Waals surface area contributed by atoms with Gasteiger partial charge in [0.1, 0.15) is 11.5 Å². The van der Waals surface area contributed by atoms with E-state index in [1.54, 1.807) is 42.2 Å². The second-order valence-corrected chi connectivity index (χ2v) is 9.27. The monoisotopic (exact) mass is 494 g/mol. The van der Waals surface area contributed by atoms with Crippen molar-refractivity contribution in [1.29, 1.82) is 0 Å². The molecule has 2 amide bonds. The van der Waals surface area contributed by atoms with Gasteiger partial charge in [-0.1, -0.05) is 17.7 Å². The Kier molecular flexibility index (Phi) is 5.76. The van der Waals surface area contributed by atoms with Crippen molar-refractivity contribution in [3.8, 4) is 16.5 Å². The van der Waals surface area contributed by atoms with Crippen molar-refractivity contribution in [2.24, 2.45) is 5.92 Å². The maximum Gasteiger partial charge on any atom is 0.252 e. The number of hydrogen-bond donors (Lipinski definition) is 2. The van der Waals surface area contributed by atoms with Crippen molar-refractivity contribution < 1.29 is 9.59 Å². The molecule has 172 valence electrons. The maximum atomic E-state index is 13.2. The van der Waals surface area contributed by atoms with E-state index >= 15 is 0 Å². The highest BCUT2D eigenvalue weighted by atomic mass is 35.5. The van der Waals surface area contributed by atoms with Crippen molar-refractivity contribution in [2.75, 3.05) is 16.8 Å². The third-order valence-corrected chi connectivity index (χ3v) is 6.57. The number of aromatic nitrogens is 4. The van der Waals surface area contributed by atoms with Crippen LogP contribution >= 0.6 is 22.9 Å². The van der Waals surface area contributed by atoms with E-state index in [0.29, 0.717) is 27.9 Å². The highest BCUT2D eigenvalue weighted by molar-refractivity contribution is 7.13. The summed E-state index contributed by atoms with van der Waals surface area (Å²) in [5.41, 5.74) is 1.51. The Hall–Kier alpha value is -3.76. The molecule has 0 saturated carbocycles. The quantitative estimate of drug-likeness (QED) is 0.440. The number of hydrogen-bond acceptors (Lipinski definition) is 6. The van der Waals surface area contributed by atoms with Crippen molar-refractivity contribution in [3.63, 3.8) is 0 Å². The minimum atomic E-state index is -0.554. The summed E-state index contributed by atoms with van der Waals surface area (Å²) >= 11 is 7.45. The topological polar surface area (TPSA) is 113 Å². The number of anilines is 2. The molecule has 11 heteroatoms. The Labute approximate surface area is 203 Å². The first-order valence-electron chi connectivity index (χ1n) is 10.5. The maximum absolute atomic E-state index is 13.2. The van der Waals surface area contributed by atoms with Gasteiger partial charge in [-0.05, 0) is 42.6 Å². The molecule has 5 rings (SSSR count). The molecular weight excluding hydrogens is 476 g/mol. The summed E-state index contributed by atoms with van der Waals surface area (Å²) in [5, 5.41) is 9.94. The van der Waals surface area contributed by atoms with Gasteiger partial charge in [0.15, 0.2) is 0 Å². The first-order valence-corrected chi connectivity index (χ1v) is 11.7. The van der Waals surface area contributed by atoms with Crippen LogP contribution < -0.4 is 15.8 Å². The lowest BCUT2D eigenvalue weighted by atomic mass is 10.1. The van der Waals surface area contributed by atoms with Gasteiger partial charge in [-0.2, -0.15) is 9.78 Å². The van der Waals surface area contributed by atoms with Crippen LogP contribution in [0.25, 0.3) is 16.5 Å². The van der Waals surface area contributed by atoms with E-state index in [4.69, 9.17) is 11.6 Å². The minimum Gasteiger partial charge on any atom is -0.312 e. The number of nitrogens with one attached hydrogen (secondary N) is 2. The lowest BCUT2D eigenvalue weighted by Crippen LogP contribution is -2.28. The zero-order valence-corrected chi connectivity index (χ0v) is 19.6. The summed E-state index contributed by atoms with van der Waals surface area (Å²) in [4.78, 5) is 47.3. The van der Waals surface area contributed by atoms with Crippen LogP contribution in [0, 0.1) is 12.8 Å². The number of aromatic amines is 1. The highest BCUT2D eigenvalue weighted by Crippen LogP contribution is 2.30. The smallest absolute Gasteiger partial charge is 0.252 e. The highest BCUT2D eigenvalue weighted by Gasteiger charge is 2.35. The van der Waals surface area contributed by atoms with Gasteiger partial charge in [0.2, 0.25) is 17.8 Å². The van der Waals surface area contributed by atoms with E-state index in [0.717, 1.165) is 4.88 Å². The van der Waals surface area contributed by atoms with Gasteiger partial charge in [-0.3, -0.25) is 19.4 Å². The number of aryl methyl sites for hydroxylation is 1. The number of halogens is 1. The predicted octanol–water partition coefficient (Wildman–Crippen LogP) is 3.64. The molecule has 34 heavy (non-hydrogen) atoms. The fraction of sp³-hybridized carbons (Fsp3) is 0.174. The van der Waals surface area contributed by atoms with Crippen LogP contribution in [0.5, 0.6) is 0 Å². The molecule has 1 atom stereocenters. The summed E-state index contributed by atoms with van der Waals surface area (Å²) in [5.74, 6) is -0.479. The van der Waals surface area contributed by atoms with Crippen LogP contribution in [-0.4, -0.2) is 38.1 Å². The standard InChI is InChI=1S/C23H19ClN6O3S/c1-13-9-20(31)27-23(25-13)30-19(11-17(28-30)18-3-2-8-34-18)26-22(33)14-10-21(32)29(12-14)16-6-4-15(24)5-7-16/h2-9,11,14H,10,12H2,1H3,(H,26,33)(H,25,27,31). The van der Waals surface area contributed by atoms with Gasteiger partial charge < -0.3 is 10.2 Å². The fourth-order valence-corrected chi connectivity index (χ4v) is 4.63. The van der Waals surface area contributed by atoms with Crippen LogP contribution in [0.15, 0.2) is 58.7 Å². The molecule has 1 aliphatic rings. The van der Waals surface area contributed by atoms with Gasteiger partial charge in [0, 0.05) is 41.5 Å². The van der Waals surface area contributed by atoms with Crippen LogP contribution in [0.3, 0.4) is 0 Å². The van der Waals surface area contributed by atoms with Crippen molar-refractivity contribution >= 4 is 46.3 Å². The van der Waals surface area contributed by atoms with Crippen LogP contribution in [0.4, 0.5) is 11.5 Å². The van der Waals surface area contributed by atoms with E-state index in [1.807, 2.05) is 17.5 Å². The molecule has 1 aliphatic heterocycles. The summed E-state index contributed by atoms with van der Waals surface area (Å²) in [6, 6.07) is 13.8. The summed E-state index contributed by atoms with van der Waals surface area (Å²) in [7, 11) is 0. The van der Waals surface area contributed by atoms with E-state index in [-0.39, 0.29) is 36.3 Å². The molecule has 1 saturated heterocycles. The Morgan fingerprint density at radius 1 is 1.21 bits per heavy atom. The number of rotatable bonds is 5. The van der Waals surface area contributed by atoms with Crippen LogP contribution in [0.1, 0.15) is 12.1 Å². The van der Waals surface area contributed by atoms with E-state index in [1.165, 1.54) is 22.1 Å². The third kappa shape index (κ3) is 4.37. The largest absolute Gasteiger partial charge is 0.312 e. The van der Waals surface area contributed by atoms with E-state index < -0.39 is 5.92 Å². The third-order valence-electron chi connectivity index (χ3n) is 5.43. The van der Waals surface area contributed by atoms with Crippen LogP contribution in [-0.2, 0) is 9.59 Å². The zero-order valence-electron chi connectivity index (χ0n) is 18.0. The summed E-state index contributed by atoms with van der Waals surface area (Å²) in [6.45, 7) is 1.95. The second kappa shape index (κ2) is 8.88. The molecule has 0 spiro atoms. The molecule has 4 heterocycles. The van der Waals surface area contributed by atoms with Gasteiger partial charge in [-0.25, -0.2) is 4.98 Å². The van der Waals surface area contributed by atoms with E-state index in [9.17, 15) is 14.4 Å².